The summed E-state index contributed by atoms with van der Waals surface area (Å²) in [6, 6.07) is 18.5. The van der Waals surface area contributed by atoms with Crippen LogP contribution in [0.25, 0.3) is 0 Å². The van der Waals surface area contributed by atoms with Gasteiger partial charge in [-0.05, 0) is 47.9 Å². The van der Waals surface area contributed by atoms with Gasteiger partial charge in [-0.15, -0.1) is 0 Å². The van der Waals surface area contributed by atoms with Crippen molar-refractivity contribution in [3.63, 3.8) is 0 Å². The van der Waals surface area contributed by atoms with E-state index in [9.17, 15) is 18.0 Å². The normalized spacial score (nSPS) is 16.6. The van der Waals surface area contributed by atoms with Crippen LogP contribution >= 0.6 is 0 Å². The Kier molecular flexibility index (Phi) is 3.93. The molecular weight excluding hydrogens is 386 g/mol. The van der Waals surface area contributed by atoms with Crippen LogP contribution in [0.15, 0.2) is 76.5 Å². The minimum absolute atomic E-state index is 0.00556. The summed E-state index contributed by atoms with van der Waals surface area (Å²) in [5, 5.41) is 0. The standard InChI is InChI=1S/C23H17NO4S/c25-22-18-7-3-4-8-20(18)29(27,28)21-13-16(9-10-19(21)22)23(26)24-12-11-15-5-1-2-6-17(15)14-24/h1-10,13H,11-12,14H2. The van der Waals surface area contributed by atoms with Crippen LogP contribution in [-0.2, 0) is 22.8 Å². The van der Waals surface area contributed by atoms with Crippen molar-refractivity contribution in [2.75, 3.05) is 6.54 Å². The zero-order valence-electron chi connectivity index (χ0n) is 15.5. The topological polar surface area (TPSA) is 71.5 Å². The molecule has 3 aromatic carbocycles. The molecular formula is C23H17NO4S. The van der Waals surface area contributed by atoms with Crippen molar-refractivity contribution in [1.29, 1.82) is 0 Å². The molecule has 0 bridgehead atoms. The zero-order valence-corrected chi connectivity index (χ0v) is 16.3. The summed E-state index contributed by atoms with van der Waals surface area (Å²) in [5.74, 6) is -0.569. The Morgan fingerprint density at radius 1 is 0.828 bits per heavy atom. The van der Waals surface area contributed by atoms with Crippen LogP contribution in [0.3, 0.4) is 0 Å². The number of carbonyl (C=O) groups is 2. The van der Waals surface area contributed by atoms with E-state index in [0.717, 1.165) is 12.0 Å². The molecule has 0 saturated carbocycles. The Balaban J connectivity index is 1.54. The van der Waals surface area contributed by atoms with Crippen LogP contribution in [0.4, 0.5) is 0 Å². The van der Waals surface area contributed by atoms with E-state index in [1.807, 2.05) is 18.2 Å². The molecule has 0 saturated heterocycles. The van der Waals surface area contributed by atoms with E-state index in [0.29, 0.717) is 13.1 Å². The van der Waals surface area contributed by atoms with E-state index in [-0.39, 0.29) is 38.2 Å². The number of benzene rings is 3. The lowest BCUT2D eigenvalue weighted by molar-refractivity contribution is 0.0734. The predicted molar refractivity (Wildman–Crippen MR) is 107 cm³/mol. The second kappa shape index (κ2) is 6.39. The van der Waals surface area contributed by atoms with Gasteiger partial charge in [-0.3, -0.25) is 9.59 Å². The summed E-state index contributed by atoms with van der Waals surface area (Å²) < 4.78 is 26.2. The maximum absolute atomic E-state index is 13.1. The first-order valence-corrected chi connectivity index (χ1v) is 10.8. The van der Waals surface area contributed by atoms with E-state index in [1.54, 1.807) is 23.1 Å². The van der Waals surface area contributed by atoms with Crippen LogP contribution in [0.2, 0.25) is 0 Å². The van der Waals surface area contributed by atoms with Gasteiger partial charge in [0.1, 0.15) is 0 Å². The van der Waals surface area contributed by atoms with Crippen molar-refractivity contribution in [1.82, 2.24) is 4.90 Å². The molecule has 5 rings (SSSR count). The van der Waals surface area contributed by atoms with E-state index in [2.05, 4.69) is 6.07 Å². The maximum Gasteiger partial charge on any atom is 0.254 e. The molecule has 0 radical (unpaired) electrons. The first-order valence-electron chi connectivity index (χ1n) is 9.36. The Morgan fingerprint density at radius 3 is 2.34 bits per heavy atom. The Hall–Kier alpha value is -3.25. The number of carbonyl (C=O) groups excluding carboxylic acids is 2. The van der Waals surface area contributed by atoms with Crippen LogP contribution in [0.1, 0.15) is 37.4 Å². The van der Waals surface area contributed by atoms with E-state index < -0.39 is 9.84 Å². The minimum atomic E-state index is -3.86. The van der Waals surface area contributed by atoms with Crippen LogP contribution in [0.5, 0.6) is 0 Å². The van der Waals surface area contributed by atoms with Gasteiger partial charge in [0.05, 0.1) is 9.79 Å². The summed E-state index contributed by atoms with van der Waals surface area (Å²) in [7, 11) is -3.86. The molecule has 0 aromatic heterocycles. The molecule has 0 spiro atoms. The Labute approximate surface area is 168 Å². The van der Waals surface area contributed by atoms with Gasteiger partial charge in [0.2, 0.25) is 9.84 Å². The lowest BCUT2D eigenvalue weighted by Crippen LogP contribution is -2.36. The second-order valence-corrected chi connectivity index (χ2v) is 9.17. The van der Waals surface area contributed by atoms with E-state index >= 15 is 0 Å². The zero-order chi connectivity index (χ0) is 20.2. The highest BCUT2D eigenvalue weighted by Gasteiger charge is 2.35. The highest BCUT2D eigenvalue weighted by Crippen LogP contribution is 2.35. The number of sulfone groups is 1. The summed E-state index contributed by atoms with van der Waals surface area (Å²) >= 11 is 0. The second-order valence-electron chi connectivity index (χ2n) is 7.29. The number of fused-ring (bicyclic) bond motifs is 3. The van der Waals surface area contributed by atoms with Gasteiger partial charge in [0.25, 0.3) is 5.91 Å². The summed E-state index contributed by atoms with van der Waals surface area (Å²) in [5.41, 5.74) is 2.89. The number of ketones is 1. The number of nitrogens with zero attached hydrogens (tertiary/aromatic N) is 1. The third-order valence-electron chi connectivity index (χ3n) is 5.60. The fourth-order valence-electron chi connectivity index (χ4n) is 4.07. The predicted octanol–water partition coefficient (Wildman–Crippen LogP) is 3.26. The molecule has 5 nitrogen and oxygen atoms in total. The van der Waals surface area contributed by atoms with Gasteiger partial charge in [-0.2, -0.15) is 0 Å². The van der Waals surface area contributed by atoms with Crippen molar-refractivity contribution in [2.24, 2.45) is 0 Å². The Morgan fingerprint density at radius 2 is 1.52 bits per heavy atom. The average Bonchev–Trinajstić information content (AvgIpc) is 2.76. The first-order chi connectivity index (χ1) is 14.0. The quantitative estimate of drug-likeness (QED) is 0.489. The highest BCUT2D eigenvalue weighted by atomic mass is 32.2. The lowest BCUT2D eigenvalue weighted by Gasteiger charge is -2.29. The van der Waals surface area contributed by atoms with Gasteiger partial charge in [-0.25, -0.2) is 8.42 Å². The first kappa shape index (κ1) is 17.8. The van der Waals surface area contributed by atoms with Gasteiger partial charge < -0.3 is 4.90 Å². The van der Waals surface area contributed by atoms with Gasteiger partial charge in [0, 0.05) is 29.8 Å². The molecule has 29 heavy (non-hydrogen) atoms. The van der Waals surface area contributed by atoms with Crippen molar-refractivity contribution >= 4 is 21.5 Å². The smallest absolute Gasteiger partial charge is 0.254 e. The SMILES string of the molecule is O=C1c2ccccc2S(=O)(=O)c2cc(C(=O)N3CCc4ccccc4C3)ccc21. The third kappa shape index (κ3) is 2.71. The third-order valence-corrected chi connectivity index (χ3v) is 7.45. The number of rotatable bonds is 1. The van der Waals surface area contributed by atoms with Crippen LogP contribution < -0.4 is 0 Å². The summed E-state index contributed by atoms with van der Waals surface area (Å²) in [4.78, 5) is 27.5. The molecule has 6 heteroatoms. The summed E-state index contributed by atoms with van der Waals surface area (Å²) in [6.45, 7) is 1.06. The number of amides is 1. The van der Waals surface area contributed by atoms with Crippen molar-refractivity contribution in [3.05, 3.63) is 94.5 Å². The molecule has 1 amide bonds. The molecule has 0 aliphatic carbocycles. The summed E-state index contributed by atoms with van der Waals surface area (Å²) in [6.07, 6.45) is 0.761. The maximum atomic E-state index is 13.1. The molecule has 3 aromatic rings. The van der Waals surface area contributed by atoms with Gasteiger partial charge in [-0.1, -0.05) is 36.4 Å². The van der Waals surface area contributed by atoms with E-state index in [1.165, 1.54) is 29.8 Å². The monoisotopic (exact) mass is 403 g/mol. The number of hydrogen-bond donors (Lipinski definition) is 0. The molecule has 144 valence electrons. The minimum Gasteiger partial charge on any atom is -0.334 e. The van der Waals surface area contributed by atoms with Crippen LogP contribution in [0, 0.1) is 0 Å². The van der Waals surface area contributed by atoms with Crippen LogP contribution in [-0.4, -0.2) is 31.6 Å². The molecule has 0 N–H and O–H groups in total. The average molecular weight is 403 g/mol. The number of hydrogen-bond acceptors (Lipinski definition) is 4. The molecule has 2 heterocycles. The van der Waals surface area contributed by atoms with Gasteiger partial charge in [0.15, 0.2) is 5.78 Å². The largest absolute Gasteiger partial charge is 0.334 e. The molecule has 0 unspecified atom stereocenters. The lowest BCUT2D eigenvalue weighted by atomic mass is 9.98. The van der Waals surface area contributed by atoms with Gasteiger partial charge >= 0.3 is 0 Å². The Bertz CT molecular complexity index is 1290. The molecule has 0 fully saturated rings. The van der Waals surface area contributed by atoms with Crippen molar-refractivity contribution < 1.29 is 18.0 Å². The molecule has 0 atom stereocenters. The fourth-order valence-corrected chi connectivity index (χ4v) is 5.75. The van der Waals surface area contributed by atoms with E-state index in [4.69, 9.17) is 0 Å². The molecule has 2 aliphatic heterocycles. The van der Waals surface area contributed by atoms with Crippen molar-refractivity contribution in [2.45, 2.75) is 22.8 Å². The highest BCUT2D eigenvalue weighted by molar-refractivity contribution is 7.91. The fraction of sp³-hybridized carbons (Fsp3) is 0.130. The van der Waals surface area contributed by atoms with Crippen molar-refractivity contribution in [3.8, 4) is 0 Å². The molecule has 2 aliphatic rings.